The van der Waals surface area contributed by atoms with Crippen molar-refractivity contribution >= 4 is 28.1 Å². The van der Waals surface area contributed by atoms with Gasteiger partial charge in [-0.25, -0.2) is 9.50 Å². The largest absolute Gasteiger partial charge is 0.381 e. The molecule has 200 valence electrons. The van der Waals surface area contributed by atoms with E-state index in [1.54, 1.807) is 23.0 Å². The number of nitrogens with zero attached hydrogens (tertiary/aromatic N) is 4. The maximum atomic E-state index is 14.2. The number of hydrogen-bond donors (Lipinski definition) is 2. The van der Waals surface area contributed by atoms with Gasteiger partial charge in [0.25, 0.3) is 11.5 Å². The first kappa shape index (κ1) is 25.3. The molecule has 0 radical (unpaired) electrons. The molecular formula is C31H28N6O3. The molecular weight excluding hydrogens is 504 g/mol. The zero-order valence-corrected chi connectivity index (χ0v) is 22.0. The van der Waals surface area contributed by atoms with Crippen molar-refractivity contribution in [3.63, 3.8) is 0 Å². The molecule has 1 saturated heterocycles. The second-order valence-corrected chi connectivity index (χ2v) is 9.81. The number of anilines is 1. The van der Waals surface area contributed by atoms with Gasteiger partial charge in [-0.3, -0.25) is 14.2 Å². The number of rotatable bonds is 4. The molecule has 9 heteroatoms. The predicted molar refractivity (Wildman–Crippen MR) is 153 cm³/mol. The monoisotopic (exact) mass is 532 g/mol. The van der Waals surface area contributed by atoms with E-state index in [1.165, 1.54) is 4.52 Å². The Hall–Kier alpha value is -4.94. The van der Waals surface area contributed by atoms with Crippen molar-refractivity contribution < 1.29 is 9.53 Å². The fourth-order valence-electron chi connectivity index (χ4n) is 5.13. The van der Waals surface area contributed by atoms with Crippen molar-refractivity contribution in [1.82, 2.24) is 24.5 Å². The van der Waals surface area contributed by atoms with Crippen molar-refractivity contribution in [3.8, 4) is 17.5 Å². The molecule has 2 aromatic carbocycles. The summed E-state index contributed by atoms with van der Waals surface area (Å²) in [5.74, 6) is 6.53. The molecule has 0 spiro atoms. The number of fused-ring (bicyclic) bond motifs is 2. The Morgan fingerprint density at radius 3 is 2.73 bits per heavy atom. The number of para-hydroxylation sites is 1. The van der Waals surface area contributed by atoms with Crippen molar-refractivity contribution in [3.05, 3.63) is 100 Å². The summed E-state index contributed by atoms with van der Waals surface area (Å²) < 4.78 is 8.56. The van der Waals surface area contributed by atoms with Crippen molar-refractivity contribution in [1.29, 1.82) is 0 Å². The number of nitrogens with one attached hydrogen (secondary N) is 1. The number of carbonyl (C=O) groups is 1. The molecule has 1 aliphatic rings. The van der Waals surface area contributed by atoms with Crippen LogP contribution in [0.25, 0.3) is 22.1 Å². The van der Waals surface area contributed by atoms with Crippen molar-refractivity contribution in [2.75, 3.05) is 18.9 Å². The summed E-state index contributed by atoms with van der Waals surface area (Å²) in [4.78, 5) is 31.9. The van der Waals surface area contributed by atoms with E-state index in [4.69, 9.17) is 10.5 Å². The predicted octanol–water partition coefficient (Wildman–Crippen LogP) is 3.88. The fraction of sp³-hybridized carbons (Fsp3) is 0.226. The first-order valence-electron chi connectivity index (χ1n) is 13.2. The van der Waals surface area contributed by atoms with E-state index in [2.05, 4.69) is 27.2 Å². The molecule has 3 aromatic heterocycles. The summed E-state index contributed by atoms with van der Waals surface area (Å²) >= 11 is 0. The Morgan fingerprint density at radius 1 is 1.12 bits per heavy atom. The quantitative estimate of drug-likeness (QED) is 0.339. The summed E-state index contributed by atoms with van der Waals surface area (Å²) in [6, 6.07) is 18.2. The van der Waals surface area contributed by atoms with Crippen molar-refractivity contribution in [2.24, 2.45) is 5.92 Å². The number of hydrogen-bond acceptors (Lipinski definition) is 6. The van der Waals surface area contributed by atoms with Crippen LogP contribution in [0.1, 0.15) is 47.4 Å². The Bertz CT molecular complexity index is 1840. The minimum Gasteiger partial charge on any atom is -0.381 e. The summed E-state index contributed by atoms with van der Waals surface area (Å²) in [6.45, 7) is 3.25. The van der Waals surface area contributed by atoms with Crippen LogP contribution in [0.15, 0.2) is 77.9 Å². The van der Waals surface area contributed by atoms with E-state index in [-0.39, 0.29) is 22.9 Å². The lowest BCUT2D eigenvalue weighted by molar-refractivity contribution is 0.0807. The third-order valence-corrected chi connectivity index (χ3v) is 7.16. The molecule has 5 aromatic rings. The molecule has 1 fully saturated rings. The number of carbonyl (C=O) groups excluding carboxylic acids is 1. The Morgan fingerprint density at radius 2 is 1.93 bits per heavy atom. The van der Waals surface area contributed by atoms with Gasteiger partial charge in [-0.15, -0.1) is 5.10 Å². The lowest BCUT2D eigenvalue weighted by Crippen LogP contribution is -2.32. The van der Waals surface area contributed by atoms with E-state index < -0.39 is 11.9 Å². The number of ether oxygens (including phenoxy) is 1. The van der Waals surface area contributed by atoms with Crippen LogP contribution in [0, 0.1) is 17.8 Å². The molecule has 1 atom stereocenters. The van der Waals surface area contributed by atoms with Crippen LogP contribution in [0.4, 0.5) is 5.82 Å². The average Bonchev–Trinajstić information content (AvgIpc) is 3.32. The van der Waals surface area contributed by atoms with E-state index in [9.17, 15) is 9.59 Å². The molecule has 0 saturated carbocycles. The van der Waals surface area contributed by atoms with Gasteiger partial charge in [0.15, 0.2) is 11.5 Å². The molecule has 40 heavy (non-hydrogen) atoms. The molecule has 9 nitrogen and oxygen atoms in total. The van der Waals surface area contributed by atoms with E-state index >= 15 is 0 Å². The Labute approximate surface area is 230 Å². The van der Waals surface area contributed by atoms with Gasteiger partial charge in [0, 0.05) is 48.5 Å². The number of amides is 1. The Kier molecular flexibility index (Phi) is 6.76. The zero-order valence-electron chi connectivity index (χ0n) is 22.0. The van der Waals surface area contributed by atoms with Crippen LogP contribution in [-0.2, 0) is 4.74 Å². The number of nitrogen functional groups attached to an aromatic ring is 1. The number of pyridine rings is 1. The highest BCUT2D eigenvalue weighted by Crippen LogP contribution is 2.25. The minimum atomic E-state index is -0.556. The lowest BCUT2D eigenvalue weighted by atomic mass is 9.99. The molecule has 1 aliphatic heterocycles. The van der Waals surface area contributed by atoms with Gasteiger partial charge in [-0.1, -0.05) is 42.2 Å². The molecule has 4 heterocycles. The molecule has 0 aliphatic carbocycles. The third-order valence-electron chi connectivity index (χ3n) is 7.16. The van der Waals surface area contributed by atoms with Gasteiger partial charge in [0.2, 0.25) is 0 Å². The van der Waals surface area contributed by atoms with E-state index in [1.807, 2.05) is 61.5 Å². The maximum absolute atomic E-state index is 14.2. The molecule has 6 rings (SSSR count). The SMILES string of the molecule is CC(NC(=O)c1c(N)nn2cccnc12)c1cc2cccc(C#CC3CCOCC3)c2c(=O)n1-c1ccccc1. The topological polar surface area (TPSA) is 117 Å². The van der Waals surface area contributed by atoms with Gasteiger partial charge >= 0.3 is 0 Å². The smallest absolute Gasteiger partial charge is 0.264 e. The van der Waals surface area contributed by atoms with Crippen molar-refractivity contribution in [2.45, 2.75) is 25.8 Å². The average molecular weight is 533 g/mol. The summed E-state index contributed by atoms with van der Waals surface area (Å²) in [5.41, 5.74) is 8.42. The number of nitrogens with two attached hydrogens (primary N) is 1. The summed E-state index contributed by atoms with van der Waals surface area (Å²) in [7, 11) is 0. The van der Waals surface area contributed by atoms with Gasteiger partial charge in [0.1, 0.15) is 5.56 Å². The van der Waals surface area contributed by atoms with Crippen LogP contribution in [0.5, 0.6) is 0 Å². The Balaban J connectivity index is 1.45. The van der Waals surface area contributed by atoms with Gasteiger partial charge in [-0.05, 0) is 55.5 Å². The van der Waals surface area contributed by atoms with E-state index in [0.29, 0.717) is 41.2 Å². The maximum Gasteiger partial charge on any atom is 0.264 e. The summed E-state index contributed by atoms with van der Waals surface area (Å²) in [6.07, 6.45) is 5.04. The van der Waals surface area contributed by atoms with Crippen LogP contribution >= 0.6 is 0 Å². The number of aromatic nitrogens is 4. The summed E-state index contributed by atoms with van der Waals surface area (Å²) in [5, 5.41) is 8.50. The molecule has 1 unspecified atom stereocenters. The van der Waals surface area contributed by atoms with E-state index in [0.717, 1.165) is 18.2 Å². The van der Waals surface area contributed by atoms with Gasteiger partial charge in [0.05, 0.1) is 11.4 Å². The van der Waals surface area contributed by atoms with Crippen LogP contribution in [-0.4, -0.2) is 38.3 Å². The zero-order chi connectivity index (χ0) is 27.6. The minimum absolute atomic E-state index is 0.0788. The lowest BCUT2D eigenvalue weighted by Gasteiger charge is -2.21. The second kappa shape index (κ2) is 10.7. The molecule has 3 N–H and O–H groups in total. The highest BCUT2D eigenvalue weighted by atomic mass is 16.5. The van der Waals surface area contributed by atoms with Crippen LogP contribution in [0.3, 0.4) is 0 Å². The normalized spacial score (nSPS) is 14.5. The van der Waals surface area contributed by atoms with Gasteiger partial charge in [-0.2, -0.15) is 0 Å². The fourth-order valence-corrected chi connectivity index (χ4v) is 5.13. The highest BCUT2D eigenvalue weighted by Gasteiger charge is 2.24. The third kappa shape index (κ3) is 4.70. The number of benzene rings is 2. The van der Waals surface area contributed by atoms with Crippen LogP contribution < -0.4 is 16.6 Å². The molecule has 0 bridgehead atoms. The highest BCUT2D eigenvalue weighted by molar-refractivity contribution is 6.04. The standard InChI is InChI=1S/C31H28N6O3/c1-20(34-30(38)27-28(32)35-36-16-6-15-33-29(27)36)25-19-23-8-5-7-22(12-11-21-13-17-40-18-14-21)26(23)31(39)37(25)24-9-3-2-4-10-24/h2-10,15-16,19-21H,13-14,17-18H2,1H3,(H2,32,35)(H,34,38). The first-order valence-corrected chi connectivity index (χ1v) is 13.2. The van der Waals surface area contributed by atoms with Crippen LogP contribution in [0.2, 0.25) is 0 Å². The first-order chi connectivity index (χ1) is 19.5. The second-order valence-electron chi connectivity index (χ2n) is 9.81. The molecule has 1 amide bonds. The van der Waals surface area contributed by atoms with Gasteiger partial charge < -0.3 is 15.8 Å².